The third-order valence-electron chi connectivity index (χ3n) is 6.17. The van der Waals surface area contributed by atoms with E-state index in [1.165, 1.54) is 6.07 Å². The van der Waals surface area contributed by atoms with Crippen LogP contribution in [0.1, 0.15) is 21.5 Å². The molecule has 2 aliphatic heterocycles. The van der Waals surface area contributed by atoms with E-state index in [4.69, 9.17) is 10.5 Å². The van der Waals surface area contributed by atoms with Crippen LogP contribution < -0.4 is 11.1 Å². The van der Waals surface area contributed by atoms with E-state index in [0.717, 1.165) is 38.4 Å². The summed E-state index contributed by atoms with van der Waals surface area (Å²) in [6, 6.07) is 12.2. The van der Waals surface area contributed by atoms with Gasteiger partial charge in [0.05, 0.1) is 18.8 Å². The number of hydrogen-bond acceptors (Lipinski definition) is 5. The number of carbonyl (C=O) groups is 1. The molecule has 3 heterocycles. The van der Waals surface area contributed by atoms with Gasteiger partial charge in [0.2, 0.25) is 5.95 Å². The van der Waals surface area contributed by atoms with Crippen molar-refractivity contribution in [3.8, 4) is 22.3 Å². The lowest BCUT2D eigenvalue weighted by Crippen LogP contribution is -2.35. The Morgan fingerprint density at radius 3 is 2.55 bits per heavy atom. The molecule has 1 aromatic heterocycles. The maximum absolute atomic E-state index is 14.8. The predicted octanol–water partition coefficient (Wildman–Crippen LogP) is 3.39. The van der Waals surface area contributed by atoms with E-state index < -0.39 is 17.7 Å². The number of halogens is 2. The van der Waals surface area contributed by atoms with E-state index in [9.17, 15) is 13.6 Å². The lowest BCUT2D eigenvalue weighted by atomic mass is 9.93. The number of nitrogens with two attached hydrogens (primary N) is 1. The molecule has 1 fully saturated rings. The summed E-state index contributed by atoms with van der Waals surface area (Å²) in [6.45, 7) is 4.49. The summed E-state index contributed by atoms with van der Waals surface area (Å²) in [4.78, 5) is 18.2. The van der Waals surface area contributed by atoms with Crippen molar-refractivity contribution in [3.63, 3.8) is 0 Å². The van der Waals surface area contributed by atoms with Crippen molar-refractivity contribution in [3.05, 3.63) is 70.9 Å². The third-order valence-corrected chi connectivity index (χ3v) is 6.17. The fourth-order valence-electron chi connectivity index (χ4n) is 4.41. The van der Waals surface area contributed by atoms with Crippen molar-refractivity contribution in [2.45, 2.75) is 13.0 Å². The monoisotopic (exact) mass is 450 g/mol. The molecule has 1 amide bonds. The lowest BCUT2D eigenvalue weighted by Gasteiger charge is -2.26. The fourth-order valence-corrected chi connectivity index (χ4v) is 4.41. The third kappa shape index (κ3) is 4.31. The average Bonchev–Trinajstić information content (AvgIpc) is 2.80. The Morgan fingerprint density at radius 1 is 1.03 bits per heavy atom. The van der Waals surface area contributed by atoms with Crippen LogP contribution in [0, 0.1) is 11.8 Å². The van der Waals surface area contributed by atoms with Crippen LogP contribution in [0.3, 0.4) is 0 Å². The molecule has 2 aliphatic rings. The van der Waals surface area contributed by atoms with E-state index in [-0.39, 0.29) is 16.9 Å². The summed E-state index contributed by atoms with van der Waals surface area (Å²) in [5, 5.41) is 2.64. The van der Waals surface area contributed by atoms with Gasteiger partial charge in [-0.15, -0.1) is 0 Å². The van der Waals surface area contributed by atoms with Gasteiger partial charge in [0, 0.05) is 37.3 Å². The van der Waals surface area contributed by atoms with Gasteiger partial charge in [0.15, 0.2) is 0 Å². The number of nitrogens with zero attached hydrogens (tertiary/aromatic N) is 2. The maximum Gasteiger partial charge on any atom is 0.254 e. The fraction of sp³-hybridized carbons (Fsp3) is 0.280. The van der Waals surface area contributed by atoms with Crippen LogP contribution in [0.2, 0.25) is 0 Å². The van der Waals surface area contributed by atoms with Gasteiger partial charge in [-0.25, -0.2) is 9.37 Å². The second-order valence-corrected chi connectivity index (χ2v) is 8.34. The van der Waals surface area contributed by atoms with E-state index in [2.05, 4.69) is 15.2 Å². The van der Waals surface area contributed by atoms with E-state index >= 15 is 0 Å². The molecule has 170 valence electrons. The van der Waals surface area contributed by atoms with Crippen LogP contribution in [-0.4, -0.2) is 48.6 Å². The summed E-state index contributed by atoms with van der Waals surface area (Å²) < 4.78 is 34.9. The largest absolute Gasteiger partial charge is 0.383 e. The highest BCUT2D eigenvalue weighted by atomic mass is 19.1. The first-order valence-corrected chi connectivity index (χ1v) is 11.0. The molecule has 1 saturated heterocycles. The van der Waals surface area contributed by atoms with Gasteiger partial charge >= 0.3 is 0 Å². The van der Waals surface area contributed by atoms with Crippen LogP contribution in [0.25, 0.3) is 22.3 Å². The quantitative estimate of drug-likeness (QED) is 0.596. The molecule has 0 atom stereocenters. The number of anilines is 1. The Morgan fingerprint density at radius 2 is 1.79 bits per heavy atom. The van der Waals surface area contributed by atoms with Crippen LogP contribution >= 0.6 is 0 Å². The van der Waals surface area contributed by atoms with E-state index in [1.807, 2.05) is 24.3 Å². The Hall–Kier alpha value is -3.36. The first-order valence-electron chi connectivity index (χ1n) is 11.0. The molecule has 8 heteroatoms. The number of fused-ring (bicyclic) bond motifs is 1. The van der Waals surface area contributed by atoms with Gasteiger partial charge in [-0.05, 0) is 46.9 Å². The van der Waals surface area contributed by atoms with Gasteiger partial charge < -0.3 is 15.8 Å². The number of pyridine rings is 1. The number of amides is 1. The summed E-state index contributed by atoms with van der Waals surface area (Å²) >= 11 is 0. The number of nitrogens with one attached hydrogen (secondary N) is 1. The van der Waals surface area contributed by atoms with Gasteiger partial charge in [-0.3, -0.25) is 9.69 Å². The Bertz CT molecular complexity index is 1210. The highest BCUT2D eigenvalue weighted by Gasteiger charge is 2.23. The number of aromatic nitrogens is 1. The molecule has 0 bridgehead atoms. The van der Waals surface area contributed by atoms with Crippen molar-refractivity contribution in [1.82, 2.24) is 15.2 Å². The summed E-state index contributed by atoms with van der Waals surface area (Å²) in [5.74, 6) is -1.77. The Kier molecular flexibility index (Phi) is 5.78. The molecule has 0 radical (unpaired) electrons. The summed E-state index contributed by atoms with van der Waals surface area (Å²) in [7, 11) is 0. The van der Waals surface area contributed by atoms with E-state index in [0.29, 0.717) is 35.2 Å². The smallest absolute Gasteiger partial charge is 0.254 e. The topological polar surface area (TPSA) is 80.5 Å². The summed E-state index contributed by atoms with van der Waals surface area (Å²) in [5.41, 5.74) is 9.63. The minimum Gasteiger partial charge on any atom is -0.383 e. The number of rotatable bonds is 4. The Balaban J connectivity index is 1.47. The molecular weight excluding hydrogens is 426 g/mol. The van der Waals surface area contributed by atoms with Gasteiger partial charge in [-0.2, -0.15) is 4.39 Å². The zero-order chi connectivity index (χ0) is 22.9. The number of ether oxygens (including phenoxy) is 1. The van der Waals surface area contributed by atoms with Crippen LogP contribution in [0.4, 0.5) is 14.6 Å². The summed E-state index contributed by atoms with van der Waals surface area (Å²) in [6.07, 6.45) is 0.512. The zero-order valence-corrected chi connectivity index (χ0v) is 18.0. The molecule has 2 aromatic carbocycles. The molecule has 5 rings (SSSR count). The standard InChI is InChI=1S/C25H24F2N4O2/c26-21-12-18(11-17-5-6-29-25(32)22(17)21)20-13-19(23(27)30-24(20)28)16-3-1-15(2-4-16)14-31-7-9-33-10-8-31/h1-4,11-13H,5-10,14H2,(H2,28,30)(H,29,32). The molecule has 3 N–H and O–H groups in total. The first kappa shape index (κ1) is 21.5. The number of morpholine rings is 1. The second kappa shape index (κ2) is 8.88. The van der Waals surface area contributed by atoms with Crippen molar-refractivity contribution in [1.29, 1.82) is 0 Å². The first-order chi connectivity index (χ1) is 16.0. The molecule has 0 aliphatic carbocycles. The number of nitrogen functional groups attached to an aromatic ring is 1. The SMILES string of the molecule is Nc1nc(F)c(-c2ccc(CN3CCOCC3)cc2)cc1-c1cc(F)c2c(c1)CCNC2=O. The van der Waals surface area contributed by atoms with Crippen LogP contribution in [0.5, 0.6) is 0 Å². The molecule has 0 unspecified atom stereocenters. The molecule has 0 saturated carbocycles. The highest BCUT2D eigenvalue weighted by molar-refractivity contribution is 5.98. The molecule has 0 spiro atoms. The van der Waals surface area contributed by atoms with Gasteiger partial charge in [0.1, 0.15) is 11.6 Å². The highest BCUT2D eigenvalue weighted by Crippen LogP contribution is 2.34. The second-order valence-electron chi connectivity index (χ2n) is 8.34. The van der Waals surface area contributed by atoms with Gasteiger partial charge in [0.25, 0.3) is 5.91 Å². The number of carbonyl (C=O) groups excluding carboxylic acids is 1. The van der Waals surface area contributed by atoms with Crippen molar-refractivity contribution in [2.75, 3.05) is 38.6 Å². The molecular formula is C25H24F2N4O2. The number of hydrogen-bond donors (Lipinski definition) is 2. The minimum atomic E-state index is -0.685. The normalized spacial score (nSPS) is 16.4. The predicted molar refractivity (Wildman–Crippen MR) is 122 cm³/mol. The van der Waals surface area contributed by atoms with Crippen LogP contribution in [0.15, 0.2) is 42.5 Å². The Labute approximate surface area is 190 Å². The maximum atomic E-state index is 14.8. The molecule has 3 aromatic rings. The van der Waals surface area contributed by atoms with Crippen molar-refractivity contribution < 1.29 is 18.3 Å². The van der Waals surface area contributed by atoms with E-state index in [1.54, 1.807) is 12.1 Å². The number of benzene rings is 2. The van der Waals surface area contributed by atoms with Crippen LogP contribution in [-0.2, 0) is 17.7 Å². The zero-order valence-electron chi connectivity index (χ0n) is 18.0. The lowest BCUT2D eigenvalue weighted by molar-refractivity contribution is 0.0342. The average molecular weight is 450 g/mol. The van der Waals surface area contributed by atoms with Crippen molar-refractivity contribution in [2.24, 2.45) is 0 Å². The molecule has 6 nitrogen and oxygen atoms in total. The molecule has 33 heavy (non-hydrogen) atoms. The van der Waals surface area contributed by atoms with Crippen molar-refractivity contribution >= 4 is 11.7 Å². The van der Waals surface area contributed by atoms with Gasteiger partial charge in [-0.1, -0.05) is 24.3 Å². The minimum absolute atomic E-state index is 0.0280.